The fourth-order valence-electron chi connectivity index (χ4n) is 1.52. The maximum atomic E-state index is 10.1. The quantitative estimate of drug-likeness (QED) is 0.798. The van der Waals surface area contributed by atoms with Crippen molar-refractivity contribution < 1.29 is 9.84 Å². The summed E-state index contributed by atoms with van der Waals surface area (Å²) in [7, 11) is 1.60. The Labute approximate surface area is 107 Å². The summed E-state index contributed by atoms with van der Waals surface area (Å²) in [4.78, 5) is 4.12. The van der Waals surface area contributed by atoms with Gasteiger partial charge in [0, 0.05) is 32.9 Å². The number of rotatable bonds is 6. The molecule has 0 amide bonds. The van der Waals surface area contributed by atoms with E-state index in [9.17, 15) is 5.11 Å². The number of nitriles is 1. The molecule has 0 aliphatic carbocycles. The van der Waals surface area contributed by atoms with Crippen LogP contribution in [0, 0.1) is 18.3 Å². The standard InChI is InChI=1S/C13H19N3O2/c1-10-4-6-15-12(11(10)8-14)16-9-13(2,17)5-7-18-3/h4,6,17H,5,7,9H2,1-3H3,(H,15,16). The van der Waals surface area contributed by atoms with Gasteiger partial charge in [0.25, 0.3) is 0 Å². The van der Waals surface area contributed by atoms with Gasteiger partial charge in [0.2, 0.25) is 0 Å². The van der Waals surface area contributed by atoms with Crippen molar-refractivity contribution in [2.45, 2.75) is 25.9 Å². The fraction of sp³-hybridized carbons (Fsp3) is 0.538. The van der Waals surface area contributed by atoms with Crippen LogP contribution in [-0.2, 0) is 4.74 Å². The number of aliphatic hydroxyl groups is 1. The Hall–Kier alpha value is -1.64. The van der Waals surface area contributed by atoms with E-state index in [2.05, 4.69) is 16.4 Å². The topological polar surface area (TPSA) is 78.2 Å². The first-order chi connectivity index (χ1) is 8.50. The predicted molar refractivity (Wildman–Crippen MR) is 69.3 cm³/mol. The van der Waals surface area contributed by atoms with Crippen molar-refractivity contribution in [3.63, 3.8) is 0 Å². The maximum absolute atomic E-state index is 10.1. The molecule has 0 spiro atoms. The van der Waals surface area contributed by atoms with E-state index in [-0.39, 0.29) is 0 Å². The molecule has 1 heterocycles. The molecule has 0 aliphatic rings. The van der Waals surface area contributed by atoms with E-state index in [1.165, 1.54) is 0 Å². The second kappa shape index (κ2) is 6.34. The minimum absolute atomic E-state index is 0.321. The number of pyridine rings is 1. The minimum Gasteiger partial charge on any atom is -0.388 e. The van der Waals surface area contributed by atoms with Crippen molar-refractivity contribution in [1.82, 2.24) is 4.98 Å². The largest absolute Gasteiger partial charge is 0.388 e. The van der Waals surface area contributed by atoms with Crippen LogP contribution in [0.2, 0.25) is 0 Å². The van der Waals surface area contributed by atoms with E-state index in [4.69, 9.17) is 10.00 Å². The number of nitrogens with zero attached hydrogens (tertiary/aromatic N) is 2. The number of aryl methyl sites for hydroxylation is 1. The van der Waals surface area contributed by atoms with Crippen LogP contribution in [0.5, 0.6) is 0 Å². The maximum Gasteiger partial charge on any atom is 0.144 e. The molecular formula is C13H19N3O2. The van der Waals surface area contributed by atoms with Crippen molar-refractivity contribution in [2.24, 2.45) is 0 Å². The monoisotopic (exact) mass is 249 g/mol. The summed E-state index contributed by atoms with van der Waals surface area (Å²) in [5, 5.41) is 22.2. The molecule has 0 fully saturated rings. The Morgan fingerprint density at radius 1 is 1.61 bits per heavy atom. The first kappa shape index (κ1) is 14.4. The number of ether oxygens (including phenoxy) is 1. The zero-order valence-electron chi connectivity index (χ0n) is 11.0. The Morgan fingerprint density at radius 3 is 2.94 bits per heavy atom. The van der Waals surface area contributed by atoms with E-state index in [0.717, 1.165) is 5.56 Å². The third kappa shape index (κ3) is 3.99. The van der Waals surface area contributed by atoms with Crippen molar-refractivity contribution in [2.75, 3.05) is 25.6 Å². The predicted octanol–water partition coefficient (Wildman–Crippen LogP) is 1.46. The average molecular weight is 249 g/mol. The molecule has 98 valence electrons. The van der Waals surface area contributed by atoms with Gasteiger partial charge in [-0.3, -0.25) is 0 Å². The van der Waals surface area contributed by atoms with E-state index in [1.54, 1.807) is 26.3 Å². The zero-order valence-corrected chi connectivity index (χ0v) is 11.0. The van der Waals surface area contributed by atoms with Gasteiger partial charge in [0.15, 0.2) is 0 Å². The Kier molecular flexibility index (Phi) is 5.08. The second-order valence-corrected chi connectivity index (χ2v) is 4.56. The molecule has 1 rings (SSSR count). The van der Waals surface area contributed by atoms with E-state index in [1.807, 2.05) is 6.92 Å². The van der Waals surface area contributed by atoms with Gasteiger partial charge in [-0.15, -0.1) is 0 Å². The zero-order chi connectivity index (χ0) is 13.6. The highest BCUT2D eigenvalue weighted by Crippen LogP contribution is 2.17. The molecule has 0 saturated carbocycles. The molecule has 1 aromatic rings. The van der Waals surface area contributed by atoms with Gasteiger partial charge in [0.05, 0.1) is 11.2 Å². The number of hydrogen-bond donors (Lipinski definition) is 2. The lowest BCUT2D eigenvalue weighted by atomic mass is 10.0. The van der Waals surface area contributed by atoms with Crippen LogP contribution >= 0.6 is 0 Å². The van der Waals surface area contributed by atoms with E-state index < -0.39 is 5.60 Å². The summed E-state index contributed by atoms with van der Waals surface area (Å²) < 4.78 is 4.94. The summed E-state index contributed by atoms with van der Waals surface area (Å²) in [6.45, 7) is 4.39. The number of methoxy groups -OCH3 is 1. The third-order valence-corrected chi connectivity index (χ3v) is 2.75. The van der Waals surface area contributed by atoms with Crippen LogP contribution in [0.15, 0.2) is 12.3 Å². The summed E-state index contributed by atoms with van der Waals surface area (Å²) in [5.41, 5.74) is 0.486. The van der Waals surface area contributed by atoms with Crippen LogP contribution in [-0.4, -0.2) is 36.0 Å². The molecule has 2 N–H and O–H groups in total. The lowest BCUT2D eigenvalue weighted by molar-refractivity contribution is 0.0357. The van der Waals surface area contributed by atoms with Gasteiger partial charge < -0.3 is 15.2 Å². The highest BCUT2D eigenvalue weighted by atomic mass is 16.5. The van der Waals surface area contributed by atoms with Crippen LogP contribution in [0.25, 0.3) is 0 Å². The molecule has 1 atom stereocenters. The number of aromatic nitrogens is 1. The normalized spacial score (nSPS) is 13.7. The third-order valence-electron chi connectivity index (χ3n) is 2.75. The Balaban J connectivity index is 2.69. The minimum atomic E-state index is -0.895. The highest BCUT2D eigenvalue weighted by molar-refractivity contribution is 5.55. The lowest BCUT2D eigenvalue weighted by Gasteiger charge is -2.23. The van der Waals surface area contributed by atoms with Crippen LogP contribution in [0.1, 0.15) is 24.5 Å². The Morgan fingerprint density at radius 2 is 2.33 bits per heavy atom. The van der Waals surface area contributed by atoms with Gasteiger partial charge >= 0.3 is 0 Å². The number of hydrogen-bond acceptors (Lipinski definition) is 5. The highest BCUT2D eigenvalue weighted by Gasteiger charge is 2.20. The molecule has 0 saturated heterocycles. The average Bonchev–Trinajstić information content (AvgIpc) is 2.34. The van der Waals surface area contributed by atoms with Crippen LogP contribution < -0.4 is 5.32 Å². The van der Waals surface area contributed by atoms with Gasteiger partial charge in [-0.05, 0) is 25.5 Å². The summed E-state index contributed by atoms with van der Waals surface area (Å²) in [6.07, 6.45) is 2.16. The van der Waals surface area contributed by atoms with Crippen molar-refractivity contribution in [1.29, 1.82) is 5.26 Å². The van der Waals surface area contributed by atoms with Crippen molar-refractivity contribution in [3.05, 3.63) is 23.4 Å². The molecule has 5 nitrogen and oxygen atoms in total. The van der Waals surface area contributed by atoms with Gasteiger partial charge in [-0.1, -0.05) is 0 Å². The molecule has 1 aromatic heterocycles. The molecule has 0 radical (unpaired) electrons. The van der Waals surface area contributed by atoms with Gasteiger partial charge in [-0.25, -0.2) is 4.98 Å². The fourth-order valence-corrected chi connectivity index (χ4v) is 1.52. The van der Waals surface area contributed by atoms with Gasteiger partial charge in [-0.2, -0.15) is 5.26 Å². The molecule has 0 aliphatic heterocycles. The number of anilines is 1. The van der Waals surface area contributed by atoms with Crippen molar-refractivity contribution in [3.8, 4) is 6.07 Å². The van der Waals surface area contributed by atoms with Crippen LogP contribution in [0.3, 0.4) is 0 Å². The number of nitrogens with one attached hydrogen (secondary N) is 1. The molecule has 1 unspecified atom stereocenters. The molecule has 18 heavy (non-hydrogen) atoms. The second-order valence-electron chi connectivity index (χ2n) is 4.56. The SMILES string of the molecule is COCCC(C)(O)CNc1nccc(C)c1C#N. The molecule has 0 bridgehead atoms. The van der Waals surface area contributed by atoms with E-state index >= 15 is 0 Å². The smallest absolute Gasteiger partial charge is 0.144 e. The summed E-state index contributed by atoms with van der Waals surface area (Å²) in [5.74, 6) is 0.509. The summed E-state index contributed by atoms with van der Waals surface area (Å²) in [6, 6.07) is 3.90. The summed E-state index contributed by atoms with van der Waals surface area (Å²) >= 11 is 0. The van der Waals surface area contributed by atoms with Crippen LogP contribution in [0.4, 0.5) is 5.82 Å². The van der Waals surface area contributed by atoms with E-state index in [0.29, 0.717) is 31.0 Å². The van der Waals surface area contributed by atoms with Crippen molar-refractivity contribution >= 4 is 5.82 Å². The molecule has 5 heteroatoms. The first-order valence-electron chi connectivity index (χ1n) is 5.81. The lowest BCUT2D eigenvalue weighted by Crippen LogP contribution is -2.35. The molecule has 0 aromatic carbocycles. The first-order valence-corrected chi connectivity index (χ1v) is 5.81. The molecular weight excluding hydrogens is 230 g/mol. The Bertz CT molecular complexity index is 438. The van der Waals surface area contributed by atoms with Gasteiger partial charge in [0.1, 0.15) is 11.9 Å².